The molecule has 0 unspecified atom stereocenters. The Labute approximate surface area is 153 Å². The van der Waals surface area contributed by atoms with Crippen LogP contribution in [0, 0.1) is 0 Å². The summed E-state index contributed by atoms with van der Waals surface area (Å²) in [7, 11) is 2.14. The van der Waals surface area contributed by atoms with Crippen LogP contribution in [0.1, 0.15) is 28.8 Å². The van der Waals surface area contributed by atoms with Gasteiger partial charge in [0.05, 0.1) is 10.6 Å². The van der Waals surface area contributed by atoms with Crippen LogP contribution in [0.5, 0.6) is 5.75 Å². The third-order valence-corrected chi connectivity index (χ3v) is 4.79. The Balaban J connectivity index is 1.51. The van der Waals surface area contributed by atoms with Gasteiger partial charge < -0.3 is 15.0 Å². The van der Waals surface area contributed by atoms with E-state index in [0.717, 1.165) is 37.2 Å². The molecule has 0 aliphatic carbocycles. The molecule has 4 nitrogen and oxygen atoms in total. The molecule has 1 fully saturated rings. The maximum absolute atomic E-state index is 12.2. The highest BCUT2D eigenvalue weighted by molar-refractivity contribution is 6.33. The van der Waals surface area contributed by atoms with Crippen LogP contribution in [0.15, 0.2) is 48.5 Å². The fraction of sp³-hybridized carbons (Fsp3) is 0.350. The number of halogens is 1. The molecule has 25 heavy (non-hydrogen) atoms. The third kappa shape index (κ3) is 4.97. The predicted octanol–water partition coefficient (Wildman–Crippen LogP) is 3.74. The lowest BCUT2D eigenvalue weighted by Crippen LogP contribution is -2.35. The second-order valence-corrected chi connectivity index (χ2v) is 6.83. The minimum atomic E-state index is -0.169. The molecule has 1 amide bonds. The quantitative estimate of drug-likeness (QED) is 0.885. The summed E-state index contributed by atoms with van der Waals surface area (Å²) in [5, 5.41) is 3.35. The Kier molecular flexibility index (Phi) is 5.95. The largest absolute Gasteiger partial charge is 0.490 e. The van der Waals surface area contributed by atoms with Gasteiger partial charge in [-0.05, 0) is 49.7 Å². The summed E-state index contributed by atoms with van der Waals surface area (Å²) in [6.07, 6.45) is 2.42. The van der Waals surface area contributed by atoms with Crippen molar-refractivity contribution in [1.29, 1.82) is 0 Å². The van der Waals surface area contributed by atoms with Crippen molar-refractivity contribution in [2.45, 2.75) is 25.5 Å². The molecule has 1 N–H and O–H groups in total. The number of likely N-dealkylation sites (tertiary alicyclic amines) is 1. The normalized spacial score (nSPS) is 15.8. The molecular formula is C20H23ClN2O2. The zero-order valence-corrected chi connectivity index (χ0v) is 15.1. The van der Waals surface area contributed by atoms with Crippen molar-refractivity contribution in [2.75, 3.05) is 20.1 Å². The lowest BCUT2D eigenvalue weighted by Gasteiger charge is -2.29. The van der Waals surface area contributed by atoms with Crippen molar-refractivity contribution < 1.29 is 9.53 Å². The minimum absolute atomic E-state index is 0.169. The average molecular weight is 359 g/mol. The van der Waals surface area contributed by atoms with Crippen LogP contribution in [0.2, 0.25) is 5.02 Å². The van der Waals surface area contributed by atoms with Crippen LogP contribution in [0.3, 0.4) is 0 Å². The van der Waals surface area contributed by atoms with E-state index in [1.54, 1.807) is 18.2 Å². The molecule has 1 heterocycles. The first-order chi connectivity index (χ1) is 12.1. The van der Waals surface area contributed by atoms with Gasteiger partial charge in [-0.1, -0.05) is 35.9 Å². The number of carbonyl (C=O) groups excluding carboxylic acids is 1. The maximum Gasteiger partial charge on any atom is 0.253 e. The first-order valence-corrected chi connectivity index (χ1v) is 8.96. The Bertz CT molecular complexity index is 710. The highest BCUT2D eigenvalue weighted by Crippen LogP contribution is 2.19. The number of nitrogens with zero attached hydrogens (tertiary/aromatic N) is 1. The van der Waals surface area contributed by atoms with Crippen LogP contribution in [0.25, 0.3) is 0 Å². The molecule has 0 atom stereocenters. The Morgan fingerprint density at radius 2 is 1.84 bits per heavy atom. The smallest absolute Gasteiger partial charge is 0.253 e. The molecule has 0 spiro atoms. The second kappa shape index (κ2) is 8.37. The van der Waals surface area contributed by atoms with E-state index in [9.17, 15) is 4.79 Å². The molecule has 1 saturated heterocycles. The predicted molar refractivity (Wildman–Crippen MR) is 100 cm³/mol. The van der Waals surface area contributed by atoms with Gasteiger partial charge in [0, 0.05) is 19.6 Å². The molecule has 2 aromatic carbocycles. The molecular weight excluding hydrogens is 336 g/mol. The number of rotatable bonds is 5. The highest BCUT2D eigenvalue weighted by Gasteiger charge is 2.17. The lowest BCUT2D eigenvalue weighted by molar-refractivity contribution is 0.0951. The molecule has 3 rings (SSSR count). The van der Waals surface area contributed by atoms with Gasteiger partial charge in [-0.2, -0.15) is 0 Å². The summed E-state index contributed by atoms with van der Waals surface area (Å²) in [6, 6.07) is 14.9. The summed E-state index contributed by atoms with van der Waals surface area (Å²) in [5.74, 6) is 0.716. The molecule has 5 heteroatoms. The fourth-order valence-corrected chi connectivity index (χ4v) is 3.13. The van der Waals surface area contributed by atoms with Crippen LogP contribution in [-0.2, 0) is 6.54 Å². The van der Waals surface area contributed by atoms with E-state index >= 15 is 0 Å². The Hall–Kier alpha value is -2.04. The van der Waals surface area contributed by atoms with Gasteiger partial charge in [-0.3, -0.25) is 4.79 Å². The topological polar surface area (TPSA) is 41.6 Å². The molecule has 0 bridgehead atoms. The summed E-state index contributed by atoms with van der Waals surface area (Å²) >= 11 is 6.04. The standard InChI is InChI=1S/C20H23ClN2O2/c1-23-12-10-17(11-13-23)25-16-8-6-15(7-9-16)14-22-20(24)18-4-2-3-5-19(18)21/h2-9,17H,10-14H2,1H3,(H,22,24). The van der Waals surface area contributed by atoms with E-state index in [1.165, 1.54) is 0 Å². The van der Waals surface area contributed by atoms with Crippen LogP contribution >= 0.6 is 11.6 Å². The molecule has 0 aromatic heterocycles. The fourth-order valence-electron chi connectivity index (χ4n) is 2.90. The van der Waals surface area contributed by atoms with Gasteiger partial charge in [0.1, 0.15) is 11.9 Å². The Morgan fingerprint density at radius 3 is 2.52 bits per heavy atom. The van der Waals surface area contributed by atoms with E-state index in [-0.39, 0.29) is 5.91 Å². The SMILES string of the molecule is CN1CCC(Oc2ccc(CNC(=O)c3ccccc3Cl)cc2)CC1. The minimum Gasteiger partial charge on any atom is -0.490 e. The zero-order chi connectivity index (χ0) is 17.6. The van der Waals surface area contributed by atoms with Gasteiger partial charge in [-0.15, -0.1) is 0 Å². The van der Waals surface area contributed by atoms with E-state index < -0.39 is 0 Å². The first kappa shape index (κ1) is 17.8. The highest BCUT2D eigenvalue weighted by atomic mass is 35.5. The molecule has 1 aliphatic heterocycles. The van der Waals surface area contributed by atoms with Gasteiger partial charge >= 0.3 is 0 Å². The number of carbonyl (C=O) groups is 1. The summed E-state index contributed by atoms with van der Waals surface area (Å²) in [4.78, 5) is 14.5. The van der Waals surface area contributed by atoms with Crippen LogP contribution < -0.4 is 10.1 Å². The van der Waals surface area contributed by atoms with Crippen LogP contribution in [0.4, 0.5) is 0 Å². The van der Waals surface area contributed by atoms with Gasteiger partial charge in [0.2, 0.25) is 0 Å². The number of nitrogens with one attached hydrogen (secondary N) is 1. The van der Waals surface area contributed by atoms with Gasteiger partial charge in [0.15, 0.2) is 0 Å². The zero-order valence-electron chi connectivity index (χ0n) is 14.4. The molecule has 0 saturated carbocycles. The number of hydrogen-bond donors (Lipinski definition) is 1. The van der Waals surface area contributed by atoms with E-state index in [2.05, 4.69) is 17.3 Å². The number of hydrogen-bond acceptors (Lipinski definition) is 3. The van der Waals surface area contributed by atoms with Crippen molar-refractivity contribution in [3.8, 4) is 5.75 Å². The molecule has 132 valence electrons. The first-order valence-electron chi connectivity index (χ1n) is 8.58. The van der Waals surface area contributed by atoms with Crippen molar-refractivity contribution in [3.63, 3.8) is 0 Å². The Morgan fingerprint density at radius 1 is 1.16 bits per heavy atom. The molecule has 0 radical (unpaired) electrons. The maximum atomic E-state index is 12.2. The van der Waals surface area contributed by atoms with E-state index in [0.29, 0.717) is 23.2 Å². The number of amides is 1. The van der Waals surface area contributed by atoms with Crippen molar-refractivity contribution in [3.05, 3.63) is 64.7 Å². The van der Waals surface area contributed by atoms with Crippen molar-refractivity contribution in [2.24, 2.45) is 0 Å². The van der Waals surface area contributed by atoms with Gasteiger partial charge in [-0.25, -0.2) is 0 Å². The van der Waals surface area contributed by atoms with Crippen molar-refractivity contribution in [1.82, 2.24) is 10.2 Å². The average Bonchev–Trinajstić information content (AvgIpc) is 2.63. The number of benzene rings is 2. The van der Waals surface area contributed by atoms with Crippen LogP contribution in [-0.4, -0.2) is 37.0 Å². The summed E-state index contributed by atoms with van der Waals surface area (Å²) in [6.45, 7) is 2.62. The van der Waals surface area contributed by atoms with Gasteiger partial charge in [0.25, 0.3) is 5.91 Å². The third-order valence-electron chi connectivity index (χ3n) is 4.46. The van der Waals surface area contributed by atoms with E-state index in [1.807, 2.05) is 30.3 Å². The summed E-state index contributed by atoms with van der Waals surface area (Å²) < 4.78 is 6.04. The van der Waals surface area contributed by atoms with Crippen molar-refractivity contribution >= 4 is 17.5 Å². The molecule has 1 aliphatic rings. The monoisotopic (exact) mass is 358 g/mol. The molecule has 2 aromatic rings. The lowest BCUT2D eigenvalue weighted by atomic mass is 10.1. The number of piperidine rings is 1. The second-order valence-electron chi connectivity index (χ2n) is 6.43. The summed E-state index contributed by atoms with van der Waals surface area (Å²) in [5.41, 5.74) is 1.52. The van der Waals surface area contributed by atoms with E-state index in [4.69, 9.17) is 16.3 Å². The number of ether oxygens (including phenoxy) is 1.